The molecule has 0 bridgehead atoms. The van der Waals surface area contributed by atoms with Gasteiger partial charge in [0.05, 0.1) is 6.07 Å². The lowest BCUT2D eigenvalue weighted by atomic mass is 9.95. The first-order valence-electron chi connectivity index (χ1n) is 3.40. The molecule has 0 aromatic heterocycles. The fourth-order valence-electron chi connectivity index (χ4n) is 1.09. The van der Waals surface area contributed by atoms with Gasteiger partial charge in [-0.15, -0.1) is 0 Å². The molecule has 0 radical (unpaired) electrons. The fraction of sp³-hybridized carbons (Fsp3) is 0.714. The van der Waals surface area contributed by atoms with Crippen molar-refractivity contribution in [2.45, 2.75) is 13.3 Å². The number of hydrogen-bond acceptors (Lipinski definition) is 2. The second kappa shape index (κ2) is 2.70. The smallest absolute Gasteiger partial charge is 0.220 e. The minimum atomic E-state index is -0.000972. The van der Waals surface area contributed by atoms with Crippen molar-refractivity contribution in [3.8, 4) is 6.07 Å². The number of hydrogen-bond donors (Lipinski definition) is 1. The second-order valence-corrected chi connectivity index (χ2v) is 2.69. The molecule has 1 N–H and O–H groups in total. The van der Waals surface area contributed by atoms with Crippen LogP contribution in [0.15, 0.2) is 0 Å². The average Bonchev–Trinajstić information content (AvgIpc) is 2.34. The van der Waals surface area contributed by atoms with E-state index in [1.165, 1.54) is 0 Å². The second-order valence-electron chi connectivity index (χ2n) is 2.69. The number of nitrogens with zero attached hydrogens (tertiary/aromatic N) is 1. The zero-order chi connectivity index (χ0) is 7.56. The van der Waals surface area contributed by atoms with Crippen molar-refractivity contribution in [1.29, 1.82) is 5.26 Å². The Balaban J connectivity index is 2.46. The molecule has 3 heteroatoms. The molecule has 10 heavy (non-hydrogen) atoms. The third-order valence-corrected chi connectivity index (χ3v) is 1.92. The highest BCUT2D eigenvalue weighted by Gasteiger charge is 2.25. The molecule has 1 amide bonds. The number of amides is 1. The van der Waals surface area contributed by atoms with E-state index in [-0.39, 0.29) is 17.7 Å². The molecule has 0 spiro atoms. The van der Waals surface area contributed by atoms with E-state index in [9.17, 15) is 4.79 Å². The molecule has 3 nitrogen and oxygen atoms in total. The van der Waals surface area contributed by atoms with E-state index in [4.69, 9.17) is 5.26 Å². The Labute approximate surface area is 60.0 Å². The molecule has 1 saturated heterocycles. The first-order valence-corrected chi connectivity index (χ1v) is 3.40. The summed E-state index contributed by atoms with van der Waals surface area (Å²) in [5, 5.41) is 11.2. The molecule has 1 rings (SSSR count). The lowest BCUT2D eigenvalue weighted by Gasteiger charge is -2.06. The minimum Gasteiger partial charge on any atom is -0.356 e. The number of carbonyl (C=O) groups is 1. The molecule has 2 atom stereocenters. The highest BCUT2D eigenvalue weighted by molar-refractivity contribution is 5.78. The molecule has 1 fully saturated rings. The molecule has 0 aromatic rings. The van der Waals surface area contributed by atoms with Crippen LogP contribution in [0.25, 0.3) is 0 Å². The molecule has 54 valence electrons. The quantitative estimate of drug-likeness (QED) is 0.566. The third-order valence-electron chi connectivity index (χ3n) is 1.92. The van der Waals surface area contributed by atoms with Gasteiger partial charge in [0.15, 0.2) is 0 Å². The number of rotatable bonds is 1. The first-order chi connectivity index (χ1) is 4.74. The zero-order valence-electron chi connectivity index (χ0n) is 5.92. The van der Waals surface area contributed by atoms with Crippen molar-refractivity contribution >= 4 is 5.91 Å². The van der Waals surface area contributed by atoms with Crippen LogP contribution in [-0.2, 0) is 4.79 Å². The van der Waals surface area contributed by atoms with Gasteiger partial charge in [-0.05, 0) is 6.92 Å². The Morgan fingerprint density at radius 2 is 2.60 bits per heavy atom. The van der Waals surface area contributed by atoms with Gasteiger partial charge in [0, 0.05) is 24.8 Å². The molecular formula is C7H10N2O. The summed E-state index contributed by atoms with van der Waals surface area (Å²) in [6.07, 6.45) is 0.523. The Morgan fingerprint density at radius 1 is 1.90 bits per heavy atom. The molecule has 1 aliphatic rings. The Kier molecular flexibility index (Phi) is 1.91. The summed E-state index contributed by atoms with van der Waals surface area (Å²) in [6.45, 7) is 2.53. The van der Waals surface area contributed by atoms with Gasteiger partial charge in [-0.25, -0.2) is 0 Å². The molecule has 0 aromatic carbocycles. The van der Waals surface area contributed by atoms with E-state index in [1.54, 1.807) is 0 Å². The van der Waals surface area contributed by atoms with Gasteiger partial charge in [0.25, 0.3) is 0 Å². The summed E-state index contributed by atoms with van der Waals surface area (Å²) in [5.41, 5.74) is 0. The van der Waals surface area contributed by atoms with Gasteiger partial charge >= 0.3 is 0 Å². The van der Waals surface area contributed by atoms with Crippen LogP contribution in [0.1, 0.15) is 13.3 Å². The van der Waals surface area contributed by atoms with Crippen molar-refractivity contribution < 1.29 is 4.79 Å². The summed E-state index contributed by atoms with van der Waals surface area (Å²) in [7, 11) is 0. The van der Waals surface area contributed by atoms with Gasteiger partial charge < -0.3 is 5.32 Å². The van der Waals surface area contributed by atoms with E-state index < -0.39 is 0 Å². The highest BCUT2D eigenvalue weighted by Crippen LogP contribution is 2.17. The first kappa shape index (κ1) is 7.07. The van der Waals surface area contributed by atoms with Crippen molar-refractivity contribution in [1.82, 2.24) is 5.32 Å². The lowest BCUT2D eigenvalue weighted by molar-refractivity contribution is -0.119. The Hall–Kier alpha value is -1.04. The lowest BCUT2D eigenvalue weighted by Crippen LogP contribution is -2.15. The van der Waals surface area contributed by atoms with Crippen molar-refractivity contribution in [2.24, 2.45) is 11.8 Å². The monoisotopic (exact) mass is 138 g/mol. The van der Waals surface area contributed by atoms with Crippen LogP contribution >= 0.6 is 0 Å². The molecule has 2 unspecified atom stereocenters. The number of carbonyl (C=O) groups excluding carboxylic acids is 1. The van der Waals surface area contributed by atoms with Crippen LogP contribution in [0.3, 0.4) is 0 Å². The van der Waals surface area contributed by atoms with Crippen LogP contribution in [0.2, 0.25) is 0 Å². The number of nitriles is 1. The maximum Gasteiger partial charge on any atom is 0.220 e. The summed E-state index contributed by atoms with van der Waals surface area (Å²) >= 11 is 0. The molecular weight excluding hydrogens is 128 g/mol. The Bertz CT molecular complexity index is 183. The van der Waals surface area contributed by atoms with Crippen LogP contribution in [0.5, 0.6) is 0 Å². The summed E-state index contributed by atoms with van der Waals surface area (Å²) in [6, 6.07) is 2.14. The van der Waals surface area contributed by atoms with Gasteiger partial charge in [0.1, 0.15) is 0 Å². The molecule has 1 heterocycles. The van der Waals surface area contributed by atoms with E-state index in [2.05, 4.69) is 11.4 Å². The normalized spacial score (nSPS) is 27.2. The minimum absolute atomic E-state index is 0.000972. The largest absolute Gasteiger partial charge is 0.356 e. The van der Waals surface area contributed by atoms with E-state index >= 15 is 0 Å². The van der Waals surface area contributed by atoms with Gasteiger partial charge in [0.2, 0.25) is 5.91 Å². The Morgan fingerprint density at radius 3 is 3.00 bits per heavy atom. The van der Waals surface area contributed by atoms with Crippen LogP contribution in [0, 0.1) is 23.2 Å². The van der Waals surface area contributed by atoms with Gasteiger partial charge in [-0.3, -0.25) is 4.79 Å². The maximum absolute atomic E-state index is 10.7. The summed E-state index contributed by atoms with van der Waals surface area (Å²) in [5.74, 6) is 0.309. The highest BCUT2D eigenvalue weighted by atomic mass is 16.1. The van der Waals surface area contributed by atoms with Crippen LogP contribution < -0.4 is 5.32 Å². The number of nitrogens with one attached hydrogen (secondary N) is 1. The zero-order valence-corrected chi connectivity index (χ0v) is 5.92. The van der Waals surface area contributed by atoms with Crippen molar-refractivity contribution in [2.75, 3.05) is 6.54 Å². The molecule has 0 saturated carbocycles. The van der Waals surface area contributed by atoms with Crippen molar-refractivity contribution in [3.63, 3.8) is 0 Å². The SMILES string of the molecule is CC(C#N)C1CNC(=O)C1. The standard InChI is InChI=1S/C7H10N2O/c1-5(3-8)6-2-7(10)9-4-6/h5-6H,2,4H2,1H3,(H,9,10). The van der Waals surface area contributed by atoms with Crippen LogP contribution in [0.4, 0.5) is 0 Å². The van der Waals surface area contributed by atoms with Gasteiger partial charge in [-0.1, -0.05) is 0 Å². The third kappa shape index (κ3) is 1.27. The topological polar surface area (TPSA) is 52.9 Å². The molecule has 1 aliphatic heterocycles. The van der Waals surface area contributed by atoms with E-state index in [1.807, 2.05) is 6.92 Å². The summed E-state index contributed by atoms with van der Waals surface area (Å²) < 4.78 is 0. The van der Waals surface area contributed by atoms with E-state index in [0.29, 0.717) is 13.0 Å². The molecule has 0 aliphatic carbocycles. The average molecular weight is 138 g/mol. The fourth-order valence-corrected chi connectivity index (χ4v) is 1.09. The van der Waals surface area contributed by atoms with Crippen LogP contribution in [-0.4, -0.2) is 12.5 Å². The maximum atomic E-state index is 10.7. The van der Waals surface area contributed by atoms with Gasteiger partial charge in [-0.2, -0.15) is 5.26 Å². The predicted octanol–water partition coefficient (Wildman–Crippen LogP) is 0.282. The van der Waals surface area contributed by atoms with Crippen molar-refractivity contribution in [3.05, 3.63) is 0 Å². The predicted molar refractivity (Wildman–Crippen MR) is 35.9 cm³/mol. The van der Waals surface area contributed by atoms with E-state index in [0.717, 1.165) is 0 Å². The summed E-state index contributed by atoms with van der Waals surface area (Å²) in [4.78, 5) is 10.7.